The molecule has 0 radical (unpaired) electrons. The first-order valence-corrected chi connectivity index (χ1v) is 4.71. The van der Waals surface area contributed by atoms with Gasteiger partial charge in [-0.05, 0) is 24.1 Å². The molecule has 1 saturated heterocycles. The second kappa shape index (κ2) is 3.85. The normalized spacial score (nSPS) is 23.6. The van der Waals surface area contributed by atoms with Crippen molar-refractivity contribution < 1.29 is 0 Å². The van der Waals surface area contributed by atoms with Gasteiger partial charge in [0.25, 0.3) is 0 Å². The average molecular weight is 177 g/mol. The van der Waals surface area contributed by atoms with Crippen LogP contribution in [0.2, 0.25) is 0 Å². The quantitative estimate of drug-likeness (QED) is 0.720. The Balaban J connectivity index is 1.92. The van der Waals surface area contributed by atoms with E-state index in [4.69, 9.17) is 5.73 Å². The summed E-state index contributed by atoms with van der Waals surface area (Å²) < 4.78 is 0. The monoisotopic (exact) mass is 177 g/mol. The maximum absolute atomic E-state index is 5.82. The minimum atomic E-state index is 0.377. The summed E-state index contributed by atoms with van der Waals surface area (Å²) in [5.41, 5.74) is 7.15. The number of nitrogens with zero attached hydrogens (tertiary/aromatic N) is 2. The fourth-order valence-corrected chi connectivity index (χ4v) is 1.75. The van der Waals surface area contributed by atoms with Gasteiger partial charge < -0.3 is 5.73 Å². The van der Waals surface area contributed by atoms with Crippen molar-refractivity contribution in [2.24, 2.45) is 5.73 Å². The van der Waals surface area contributed by atoms with Gasteiger partial charge in [0, 0.05) is 38.1 Å². The molecule has 1 aromatic rings. The Kier molecular flexibility index (Phi) is 2.57. The third-order valence-corrected chi connectivity index (χ3v) is 2.46. The summed E-state index contributed by atoms with van der Waals surface area (Å²) >= 11 is 0. The predicted molar refractivity (Wildman–Crippen MR) is 52.1 cm³/mol. The summed E-state index contributed by atoms with van der Waals surface area (Å²) in [6, 6.07) is 4.50. The lowest BCUT2D eigenvalue weighted by Crippen LogP contribution is -2.26. The van der Waals surface area contributed by atoms with Crippen LogP contribution in [0.5, 0.6) is 0 Å². The van der Waals surface area contributed by atoms with E-state index in [-0.39, 0.29) is 0 Å². The molecule has 1 atom stereocenters. The second-order valence-corrected chi connectivity index (χ2v) is 3.64. The van der Waals surface area contributed by atoms with Gasteiger partial charge in [-0.15, -0.1) is 0 Å². The van der Waals surface area contributed by atoms with E-state index >= 15 is 0 Å². The van der Waals surface area contributed by atoms with E-state index in [9.17, 15) is 0 Å². The number of aromatic nitrogens is 1. The van der Waals surface area contributed by atoms with Crippen molar-refractivity contribution >= 4 is 0 Å². The lowest BCUT2D eigenvalue weighted by Gasteiger charge is -2.14. The van der Waals surface area contributed by atoms with E-state index in [1.54, 1.807) is 0 Å². The van der Waals surface area contributed by atoms with Crippen LogP contribution in [-0.2, 0) is 6.54 Å². The highest BCUT2D eigenvalue weighted by molar-refractivity contribution is 5.09. The Morgan fingerprint density at radius 1 is 1.46 bits per heavy atom. The fourth-order valence-electron chi connectivity index (χ4n) is 1.75. The van der Waals surface area contributed by atoms with Gasteiger partial charge in [0.05, 0.1) is 0 Å². The van der Waals surface area contributed by atoms with Gasteiger partial charge in [0.1, 0.15) is 0 Å². The molecular formula is C10H15N3. The first-order valence-electron chi connectivity index (χ1n) is 4.71. The van der Waals surface area contributed by atoms with E-state index in [1.807, 2.05) is 12.4 Å². The molecule has 1 aliphatic rings. The maximum Gasteiger partial charge on any atom is 0.0271 e. The summed E-state index contributed by atoms with van der Waals surface area (Å²) in [4.78, 5) is 6.38. The lowest BCUT2D eigenvalue weighted by atomic mass is 10.2. The third-order valence-electron chi connectivity index (χ3n) is 2.46. The molecule has 1 fully saturated rings. The number of rotatable bonds is 2. The third kappa shape index (κ3) is 2.26. The molecular weight excluding hydrogens is 162 g/mol. The summed E-state index contributed by atoms with van der Waals surface area (Å²) in [5.74, 6) is 0. The average Bonchev–Trinajstić information content (AvgIpc) is 2.53. The topological polar surface area (TPSA) is 42.1 Å². The number of hydrogen-bond acceptors (Lipinski definition) is 3. The molecule has 1 aromatic heterocycles. The lowest BCUT2D eigenvalue weighted by molar-refractivity contribution is 0.327. The molecule has 13 heavy (non-hydrogen) atoms. The Morgan fingerprint density at radius 2 is 2.23 bits per heavy atom. The van der Waals surface area contributed by atoms with Crippen LogP contribution in [0.15, 0.2) is 24.5 Å². The zero-order valence-electron chi connectivity index (χ0n) is 7.69. The zero-order valence-corrected chi connectivity index (χ0v) is 7.69. The van der Waals surface area contributed by atoms with Crippen LogP contribution in [0.3, 0.4) is 0 Å². The number of pyridine rings is 1. The highest BCUT2D eigenvalue weighted by atomic mass is 15.2. The molecule has 70 valence electrons. The second-order valence-electron chi connectivity index (χ2n) is 3.64. The molecule has 2 heterocycles. The molecule has 0 aliphatic carbocycles. The summed E-state index contributed by atoms with van der Waals surface area (Å²) in [7, 11) is 0. The van der Waals surface area contributed by atoms with Crippen molar-refractivity contribution in [1.82, 2.24) is 9.88 Å². The van der Waals surface area contributed by atoms with E-state index in [1.165, 1.54) is 5.56 Å². The molecule has 0 bridgehead atoms. The smallest absolute Gasteiger partial charge is 0.0271 e. The molecule has 0 unspecified atom stereocenters. The minimum Gasteiger partial charge on any atom is -0.326 e. The first-order chi connectivity index (χ1) is 6.34. The summed E-state index contributed by atoms with van der Waals surface area (Å²) in [6.07, 6.45) is 4.81. The van der Waals surface area contributed by atoms with Gasteiger partial charge in [-0.1, -0.05) is 0 Å². The first kappa shape index (κ1) is 8.66. The SMILES string of the molecule is N[C@@H]1CCN(Cc2ccncc2)C1. The standard InChI is InChI=1S/C10H15N3/c11-10-3-6-13(8-10)7-9-1-4-12-5-2-9/h1-2,4-5,10H,3,6-8,11H2/t10-/m1/s1. The van der Waals surface area contributed by atoms with Crippen molar-refractivity contribution in [3.05, 3.63) is 30.1 Å². The van der Waals surface area contributed by atoms with Crippen molar-refractivity contribution in [3.63, 3.8) is 0 Å². The van der Waals surface area contributed by atoms with Gasteiger partial charge in [0.15, 0.2) is 0 Å². The zero-order chi connectivity index (χ0) is 9.10. The summed E-state index contributed by atoms with van der Waals surface area (Å²) in [5, 5.41) is 0. The predicted octanol–water partition coefficient (Wildman–Crippen LogP) is 0.615. The van der Waals surface area contributed by atoms with E-state index in [2.05, 4.69) is 22.0 Å². The Bertz CT molecular complexity index is 260. The highest BCUT2D eigenvalue weighted by Crippen LogP contribution is 2.10. The van der Waals surface area contributed by atoms with Gasteiger partial charge >= 0.3 is 0 Å². The van der Waals surface area contributed by atoms with Crippen molar-refractivity contribution in [2.75, 3.05) is 13.1 Å². The summed E-state index contributed by atoms with van der Waals surface area (Å²) in [6.45, 7) is 3.17. The molecule has 2 rings (SSSR count). The molecule has 3 heteroatoms. The van der Waals surface area contributed by atoms with E-state index in [0.717, 1.165) is 26.1 Å². The molecule has 0 amide bonds. The molecule has 0 saturated carbocycles. The largest absolute Gasteiger partial charge is 0.326 e. The van der Waals surface area contributed by atoms with Crippen LogP contribution in [0.4, 0.5) is 0 Å². The van der Waals surface area contributed by atoms with E-state index < -0.39 is 0 Å². The van der Waals surface area contributed by atoms with Crippen LogP contribution in [0, 0.1) is 0 Å². The molecule has 3 nitrogen and oxygen atoms in total. The van der Waals surface area contributed by atoms with Gasteiger partial charge in [0.2, 0.25) is 0 Å². The number of hydrogen-bond donors (Lipinski definition) is 1. The van der Waals surface area contributed by atoms with Gasteiger partial charge in [-0.2, -0.15) is 0 Å². The number of likely N-dealkylation sites (tertiary alicyclic amines) is 1. The van der Waals surface area contributed by atoms with Crippen LogP contribution in [0.25, 0.3) is 0 Å². The Labute approximate surface area is 78.6 Å². The van der Waals surface area contributed by atoms with Crippen molar-refractivity contribution in [1.29, 1.82) is 0 Å². The van der Waals surface area contributed by atoms with Crippen LogP contribution in [-0.4, -0.2) is 29.0 Å². The van der Waals surface area contributed by atoms with Crippen LogP contribution in [0.1, 0.15) is 12.0 Å². The minimum absolute atomic E-state index is 0.377. The van der Waals surface area contributed by atoms with Crippen molar-refractivity contribution in [2.45, 2.75) is 19.0 Å². The van der Waals surface area contributed by atoms with Crippen molar-refractivity contribution in [3.8, 4) is 0 Å². The fraction of sp³-hybridized carbons (Fsp3) is 0.500. The highest BCUT2D eigenvalue weighted by Gasteiger charge is 2.18. The van der Waals surface area contributed by atoms with Crippen LogP contribution < -0.4 is 5.73 Å². The van der Waals surface area contributed by atoms with Crippen LogP contribution >= 0.6 is 0 Å². The van der Waals surface area contributed by atoms with Gasteiger partial charge in [-0.3, -0.25) is 9.88 Å². The molecule has 2 N–H and O–H groups in total. The van der Waals surface area contributed by atoms with E-state index in [0.29, 0.717) is 6.04 Å². The Hall–Kier alpha value is -0.930. The van der Waals surface area contributed by atoms with Gasteiger partial charge in [-0.25, -0.2) is 0 Å². The molecule has 1 aliphatic heterocycles. The molecule has 0 spiro atoms. The Morgan fingerprint density at radius 3 is 2.85 bits per heavy atom. The number of nitrogens with two attached hydrogens (primary N) is 1. The maximum atomic E-state index is 5.82. The molecule has 0 aromatic carbocycles.